The van der Waals surface area contributed by atoms with Gasteiger partial charge in [-0.05, 0) is 111 Å². The third-order valence-electron chi connectivity index (χ3n) is 10.3. The van der Waals surface area contributed by atoms with Crippen LogP contribution in [0, 0.1) is 13.8 Å². The highest BCUT2D eigenvalue weighted by Gasteiger charge is 2.36. The van der Waals surface area contributed by atoms with Gasteiger partial charge in [-0.25, -0.2) is 0 Å². The third kappa shape index (κ3) is 5.43. The lowest BCUT2D eigenvalue weighted by Crippen LogP contribution is -2.28. The lowest BCUT2D eigenvalue weighted by Gasteiger charge is -2.37. The minimum atomic E-state index is 0.0576. The molecule has 0 heterocycles. The van der Waals surface area contributed by atoms with Gasteiger partial charge >= 0.3 is 0 Å². The molecule has 0 bridgehead atoms. The van der Waals surface area contributed by atoms with Crippen molar-refractivity contribution in [2.45, 2.75) is 110 Å². The van der Waals surface area contributed by atoms with Crippen LogP contribution in [0.4, 0.5) is 0 Å². The fourth-order valence-electron chi connectivity index (χ4n) is 7.84. The minimum absolute atomic E-state index is 0.0576. The van der Waals surface area contributed by atoms with E-state index in [0.29, 0.717) is 11.8 Å². The highest BCUT2D eigenvalue weighted by atomic mass is 14.4. The quantitative estimate of drug-likeness (QED) is 0.165. The summed E-state index contributed by atoms with van der Waals surface area (Å²) >= 11 is 0. The van der Waals surface area contributed by atoms with Gasteiger partial charge in [-0.1, -0.05) is 139 Å². The van der Waals surface area contributed by atoms with E-state index in [4.69, 9.17) is 0 Å². The van der Waals surface area contributed by atoms with E-state index in [0.717, 1.165) is 6.42 Å². The van der Waals surface area contributed by atoms with Crippen LogP contribution >= 0.6 is 0 Å². The van der Waals surface area contributed by atoms with Gasteiger partial charge in [0.2, 0.25) is 0 Å². The molecular formula is C41H50. The molecule has 0 N–H and O–H groups in total. The first-order valence-electron chi connectivity index (χ1n) is 16.0. The Hall–Kier alpha value is -3.12. The first-order chi connectivity index (χ1) is 19.6. The molecule has 0 aliphatic heterocycles. The second-order valence-corrected chi connectivity index (χ2v) is 13.8. The van der Waals surface area contributed by atoms with Crippen molar-refractivity contribution >= 4 is 0 Å². The Morgan fingerprint density at radius 3 is 1.27 bits per heavy atom. The van der Waals surface area contributed by atoms with Crippen molar-refractivity contribution in [1.29, 1.82) is 0 Å². The summed E-state index contributed by atoms with van der Waals surface area (Å²) in [7, 11) is 0. The average molecular weight is 543 g/mol. The third-order valence-corrected chi connectivity index (χ3v) is 10.3. The summed E-state index contributed by atoms with van der Waals surface area (Å²) in [6.07, 6.45) is 5.80. The Morgan fingerprint density at radius 2 is 0.927 bits per heavy atom. The van der Waals surface area contributed by atoms with Crippen LogP contribution in [0.15, 0.2) is 84.9 Å². The van der Waals surface area contributed by atoms with Crippen LogP contribution < -0.4 is 0 Å². The van der Waals surface area contributed by atoms with Crippen LogP contribution in [-0.4, -0.2) is 0 Å². The van der Waals surface area contributed by atoms with Gasteiger partial charge in [0, 0.05) is 0 Å². The van der Waals surface area contributed by atoms with Crippen LogP contribution in [0.2, 0.25) is 0 Å². The number of rotatable bonds is 10. The number of hydrogen-bond acceptors (Lipinski definition) is 0. The van der Waals surface area contributed by atoms with Gasteiger partial charge < -0.3 is 0 Å². The Kier molecular flexibility index (Phi) is 8.34. The molecule has 1 aliphatic carbocycles. The maximum atomic E-state index is 2.60. The van der Waals surface area contributed by atoms with Crippen LogP contribution in [0.1, 0.15) is 124 Å². The minimum Gasteiger partial charge on any atom is -0.0654 e. The lowest BCUT2D eigenvalue weighted by molar-refractivity contribution is 0.385. The number of hydrogen-bond donors (Lipinski definition) is 0. The van der Waals surface area contributed by atoms with Gasteiger partial charge in [-0.15, -0.1) is 0 Å². The molecule has 4 aromatic rings. The second-order valence-electron chi connectivity index (χ2n) is 13.8. The molecule has 0 fully saturated rings. The summed E-state index contributed by atoms with van der Waals surface area (Å²) in [4.78, 5) is 0. The van der Waals surface area contributed by atoms with Crippen LogP contribution in [0.3, 0.4) is 0 Å². The van der Waals surface area contributed by atoms with E-state index in [2.05, 4.69) is 140 Å². The predicted molar refractivity (Wildman–Crippen MR) is 178 cm³/mol. The summed E-state index contributed by atoms with van der Waals surface area (Å²) in [5.74, 6) is 0.943. The van der Waals surface area contributed by atoms with Gasteiger partial charge in [-0.3, -0.25) is 0 Å². The smallest absolute Gasteiger partial charge is 0.00132 e. The van der Waals surface area contributed by atoms with Gasteiger partial charge in [0.15, 0.2) is 0 Å². The monoisotopic (exact) mass is 542 g/mol. The van der Waals surface area contributed by atoms with Gasteiger partial charge in [-0.2, -0.15) is 0 Å². The zero-order valence-electron chi connectivity index (χ0n) is 26.8. The Bertz CT molecular complexity index is 1370. The maximum absolute atomic E-state index is 2.60. The number of benzene rings is 4. The average Bonchev–Trinajstić information content (AvgIpc) is 3.30. The Labute approximate surface area is 250 Å². The zero-order valence-corrected chi connectivity index (χ0v) is 26.8. The van der Waals surface area contributed by atoms with Crippen molar-refractivity contribution in [3.63, 3.8) is 0 Å². The topological polar surface area (TPSA) is 0 Å². The van der Waals surface area contributed by atoms with E-state index in [1.54, 1.807) is 0 Å². The molecule has 2 atom stereocenters. The lowest BCUT2D eigenvalue weighted by atomic mass is 9.67. The molecule has 0 aromatic heterocycles. The molecule has 1 aliphatic rings. The predicted octanol–water partition coefficient (Wildman–Crippen LogP) is 11.6. The summed E-state index contributed by atoms with van der Waals surface area (Å²) in [5, 5.41) is 0. The summed E-state index contributed by atoms with van der Waals surface area (Å²) in [6, 6.07) is 32.5. The molecule has 5 rings (SSSR count). The van der Waals surface area contributed by atoms with E-state index in [1.165, 1.54) is 81.3 Å². The van der Waals surface area contributed by atoms with Gasteiger partial charge in [0.1, 0.15) is 0 Å². The molecule has 4 aromatic carbocycles. The molecule has 0 saturated carbocycles. The van der Waals surface area contributed by atoms with Crippen molar-refractivity contribution in [2.24, 2.45) is 0 Å². The van der Waals surface area contributed by atoms with Crippen molar-refractivity contribution < 1.29 is 0 Å². The zero-order chi connectivity index (χ0) is 29.4. The van der Waals surface area contributed by atoms with Gasteiger partial charge in [0.05, 0.1) is 0 Å². The first kappa shape index (κ1) is 29.4. The first-order valence-corrected chi connectivity index (χ1v) is 16.0. The van der Waals surface area contributed by atoms with Crippen LogP contribution in [-0.2, 0) is 17.3 Å². The Morgan fingerprint density at radius 1 is 0.561 bits per heavy atom. The fourth-order valence-corrected chi connectivity index (χ4v) is 7.84. The van der Waals surface area contributed by atoms with Crippen LogP contribution in [0.25, 0.3) is 11.1 Å². The Balaban J connectivity index is 1.62. The molecule has 0 amide bonds. The van der Waals surface area contributed by atoms with Crippen molar-refractivity contribution in [3.8, 4) is 11.1 Å². The maximum Gasteiger partial charge on any atom is -0.00132 e. The highest BCUT2D eigenvalue weighted by Crippen LogP contribution is 2.49. The molecule has 0 saturated heterocycles. The molecule has 41 heavy (non-hydrogen) atoms. The van der Waals surface area contributed by atoms with E-state index in [-0.39, 0.29) is 10.8 Å². The fraction of sp³-hybridized carbons (Fsp3) is 0.415. The van der Waals surface area contributed by atoms with Gasteiger partial charge in [0.25, 0.3) is 0 Å². The van der Waals surface area contributed by atoms with E-state index >= 15 is 0 Å². The van der Waals surface area contributed by atoms with E-state index in [1.807, 2.05) is 0 Å². The number of fused-ring (bicyclic) bond motifs is 3. The second kappa shape index (κ2) is 11.6. The molecular weight excluding hydrogens is 492 g/mol. The molecule has 2 unspecified atom stereocenters. The summed E-state index contributed by atoms with van der Waals surface area (Å²) in [6.45, 7) is 19.2. The number of aryl methyl sites for hydroxylation is 2. The molecule has 0 heteroatoms. The molecule has 214 valence electrons. The van der Waals surface area contributed by atoms with E-state index in [9.17, 15) is 0 Å². The molecule has 0 spiro atoms. The molecule has 0 radical (unpaired) electrons. The standard InChI is InChI=1S/C41H50/c1-9-17-38(40(5,6)32-19-13-11-14-20-32)34-26-36-30(23-28(34)3)25-31-24-29(4)35(27-37(31)36)39(18-10-2)41(7,8)33-21-15-12-16-22-33/h11-16,19-24,26-27,38-39H,9-10,17-18,25H2,1-8H3. The highest BCUT2D eigenvalue weighted by molar-refractivity contribution is 5.79. The normalized spacial score (nSPS) is 14.4. The van der Waals surface area contributed by atoms with E-state index < -0.39 is 0 Å². The largest absolute Gasteiger partial charge is 0.0654 e. The van der Waals surface area contributed by atoms with Crippen molar-refractivity contribution in [1.82, 2.24) is 0 Å². The van der Waals surface area contributed by atoms with Crippen LogP contribution in [0.5, 0.6) is 0 Å². The van der Waals surface area contributed by atoms with Crippen molar-refractivity contribution in [2.75, 3.05) is 0 Å². The molecule has 0 nitrogen and oxygen atoms in total. The SMILES string of the molecule is CCCC(c1cc2c(cc1C)Cc1cc(C)c(C(CCC)C(C)(C)c3ccccc3)cc1-2)C(C)(C)c1ccccc1. The van der Waals surface area contributed by atoms with Crippen molar-refractivity contribution in [3.05, 3.63) is 129 Å². The summed E-state index contributed by atoms with van der Waals surface area (Å²) < 4.78 is 0. The summed E-state index contributed by atoms with van der Waals surface area (Å²) in [5.41, 5.74) is 14.9.